The molecule has 2 rings (SSSR count). The second-order valence-electron chi connectivity index (χ2n) is 6.31. The average molecular weight is 375 g/mol. The number of benzene rings is 2. The van der Waals surface area contributed by atoms with Crippen molar-refractivity contribution in [3.8, 4) is 5.75 Å². The number of nitrogens with one attached hydrogen (secondary N) is 1. The summed E-state index contributed by atoms with van der Waals surface area (Å²) in [6.07, 6.45) is 0.808. The molecule has 2 aromatic rings. The van der Waals surface area contributed by atoms with Gasteiger partial charge in [-0.25, -0.2) is 15.0 Å². The Kier molecular flexibility index (Phi) is 6.36. The molecule has 2 aromatic carbocycles. The highest BCUT2D eigenvalue weighted by atomic mass is 35.5. The lowest BCUT2D eigenvalue weighted by atomic mass is 10.2. The quantitative estimate of drug-likeness (QED) is 0.372. The van der Waals surface area contributed by atoms with Crippen molar-refractivity contribution in [2.45, 2.75) is 26.4 Å². The summed E-state index contributed by atoms with van der Waals surface area (Å²) in [6.45, 7) is 5.29. The van der Waals surface area contributed by atoms with Gasteiger partial charge in [-0.1, -0.05) is 23.7 Å². The van der Waals surface area contributed by atoms with Gasteiger partial charge < -0.3 is 9.47 Å². The molecule has 0 bridgehead atoms. The molecule has 0 saturated heterocycles. The first-order valence-electron chi connectivity index (χ1n) is 7.83. The van der Waals surface area contributed by atoms with Gasteiger partial charge in [0, 0.05) is 0 Å². The van der Waals surface area contributed by atoms with E-state index in [0.717, 1.165) is 0 Å². The van der Waals surface area contributed by atoms with Crippen LogP contribution in [0.25, 0.3) is 0 Å². The van der Waals surface area contributed by atoms with Crippen molar-refractivity contribution in [1.82, 2.24) is 5.43 Å². The number of carbonyl (C=O) groups is 2. The van der Waals surface area contributed by atoms with Crippen molar-refractivity contribution in [2.75, 3.05) is 0 Å². The van der Waals surface area contributed by atoms with E-state index in [2.05, 4.69) is 10.5 Å². The first-order chi connectivity index (χ1) is 12.2. The minimum absolute atomic E-state index is 0.293. The second-order valence-corrected chi connectivity index (χ2v) is 6.72. The molecule has 0 spiro atoms. The van der Waals surface area contributed by atoms with Crippen LogP contribution in [0.2, 0.25) is 5.02 Å². The lowest BCUT2D eigenvalue weighted by Gasteiger charge is -2.18. The summed E-state index contributed by atoms with van der Waals surface area (Å²) in [5.74, 6) is -0.171. The fraction of sp³-hybridized carbons (Fsp3) is 0.211. The van der Waals surface area contributed by atoms with Crippen LogP contribution in [0.4, 0.5) is 4.79 Å². The Labute approximate surface area is 156 Å². The number of amides is 1. The van der Waals surface area contributed by atoms with Crippen LogP contribution < -0.4 is 10.2 Å². The summed E-state index contributed by atoms with van der Waals surface area (Å²) < 4.78 is 10.3. The predicted molar refractivity (Wildman–Crippen MR) is 99.8 cm³/mol. The molecule has 6 nitrogen and oxygen atoms in total. The summed E-state index contributed by atoms with van der Waals surface area (Å²) in [6, 6.07) is 13.3. The molecular formula is C19H19ClN2O4. The molecule has 0 heterocycles. The monoisotopic (exact) mass is 374 g/mol. The molecule has 26 heavy (non-hydrogen) atoms. The van der Waals surface area contributed by atoms with Crippen molar-refractivity contribution in [2.24, 2.45) is 5.10 Å². The number of halogens is 1. The topological polar surface area (TPSA) is 77.0 Å². The largest absolute Gasteiger partial charge is 0.443 e. The van der Waals surface area contributed by atoms with E-state index in [9.17, 15) is 9.59 Å². The number of rotatable bonds is 4. The Hall–Kier alpha value is -2.86. The maximum atomic E-state index is 12.1. The fourth-order valence-corrected chi connectivity index (χ4v) is 2.08. The summed E-state index contributed by atoms with van der Waals surface area (Å²) in [5, 5.41) is 4.13. The van der Waals surface area contributed by atoms with Crippen LogP contribution in [0.15, 0.2) is 53.6 Å². The third kappa shape index (κ3) is 6.22. The van der Waals surface area contributed by atoms with Crippen LogP contribution in [0, 0.1) is 0 Å². The van der Waals surface area contributed by atoms with E-state index >= 15 is 0 Å². The molecule has 0 saturated carbocycles. The van der Waals surface area contributed by atoms with E-state index < -0.39 is 17.7 Å². The molecule has 0 atom stereocenters. The van der Waals surface area contributed by atoms with Gasteiger partial charge in [0.05, 0.1) is 16.8 Å². The first-order valence-corrected chi connectivity index (χ1v) is 8.21. The highest BCUT2D eigenvalue weighted by molar-refractivity contribution is 6.33. The third-order valence-electron chi connectivity index (χ3n) is 2.95. The van der Waals surface area contributed by atoms with Crippen LogP contribution in [0.1, 0.15) is 36.7 Å². The molecular weight excluding hydrogens is 356 g/mol. The Morgan fingerprint density at radius 3 is 2.35 bits per heavy atom. The standard InChI is InChI=1S/C19H19ClN2O4/c1-19(2,3)26-18(24)22-21-12-13-8-10-14(11-9-13)25-17(23)15-6-4-5-7-16(15)20/h4-12H,1-3H3,(H,22,24)/b21-12-. The van der Waals surface area contributed by atoms with Gasteiger partial charge in [0.1, 0.15) is 11.4 Å². The van der Waals surface area contributed by atoms with Crippen molar-refractivity contribution in [1.29, 1.82) is 0 Å². The first kappa shape index (κ1) is 19.5. The number of hydrazone groups is 1. The maximum absolute atomic E-state index is 12.1. The smallest absolute Gasteiger partial charge is 0.428 e. The van der Waals surface area contributed by atoms with Crippen molar-refractivity contribution >= 4 is 29.9 Å². The number of hydrogen-bond donors (Lipinski definition) is 1. The lowest BCUT2D eigenvalue weighted by Crippen LogP contribution is -2.29. The number of ether oxygens (including phenoxy) is 2. The summed E-state index contributed by atoms with van der Waals surface area (Å²) in [4.78, 5) is 23.6. The van der Waals surface area contributed by atoms with E-state index in [-0.39, 0.29) is 0 Å². The van der Waals surface area contributed by atoms with E-state index in [4.69, 9.17) is 21.1 Å². The van der Waals surface area contributed by atoms with Gasteiger partial charge in [-0.3, -0.25) is 0 Å². The van der Waals surface area contributed by atoms with Gasteiger partial charge in [0.2, 0.25) is 0 Å². The highest BCUT2D eigenvalue weighted by Gasteiger charge is 2.15. The third-order valence-corrected chi connectivity index (χ3v) is 3.28. The van der Waals surface area contributed by atoms with Crippen LogP contribution >= 0.6 is 11.6 Å². The molecule has 0 aliphatic carbocycles. The summed E-state index contributed by atoms with van der Waals surface area (Å²) in [7, 11) is 0. The molecule has 0 aliphatic rings. The number of carbonyl (C=O) groups excluding carboxylic acids is 2. The molecule has 0 fully saturated rings. The van der Waals surface area contributed by atoms with E-state index in [1.54, 1.807) is 69.3 Å². The average Bonchev–Trinajstić information content (AvgIpc) is 2.55. The normalized spacial score (nSPS) is 11.2. The number of hydrogen-bond acceptors (Lipinski definition) is 5. The van der Waals surface area contributed by atoms with Crippen LogP contribution in [0.5, 0.6) is 5.75 Å². The number of nitrogens with zero attached hydrogens (tertiary/aromatic N) is 1. The highest BCUT2D eigenvalue weighted by Crippen LogP contribution is 2.18. The Morgan fingerprint density at radius 2 is 1.73 bits per heavy atom. The second kappa shape index (κ2) is 8.49. The zero-order valence-electron chi connectivity index (χ0n) is 14.7. The summed E-state index contributed by atoms with van der Waals surface area (Å²) >= 11 is 5.97. The van der Waals surface area contributed by atoms with Gasteiger partial charge in [0.15, 0.2) is 0 Å². The van der Waals surface area contributed by atoms with Gasteiger partial charge >= 0.3 is 12.1 Å². The van der Waals surface area contributed by atoms with E-state index in [1.807, 2.05) is 0 Å². The minimum Gasteiger partial charge on any atom is -0.443 e. The van der Waals surface area contributed by atoms with Gasteiger partial charge in [-0.15, -0.1) is 0 Å². The molecule has 0 aliphatic heterocycles. The van der Waals surface area contributed by atoms with E-state index in [1.165, 1.54) is 6.21 Å². The Morgan fingerprint density at radius 1 is 1.08 bits per heavy atom. The maximum Gasteiger partial charge on any atom is 0.428 e. The zero-order chi connectivity index (χ0) is 19.2. The van der Waals surface area contributed by atoms with Crippen molar-refractivity contribution < 1.29 is 19.1 Å². The summed E-state index contributed by atoms with van der Waals surface area (Å²) in [5.41, 5.74) is 2.68. The van der Waals surface area contributed by atoms with Crippen LogP contribution in [0.3, 0.4) is 0 Å². The molecule has 0 unspecified atom stereocenters. The van der Waals surface area contributed by atoms with Crippen molar-refractivity contribution in [3.63, 3.8) is 0 Å². The SMILES string of the molecule is CC(C)(C)OC(=O)N/N=C\c1ccc(OC(=O)c2ccccc2Cl)cc1. The molecule has 1 amide bonds. The zero-order valence-corrected chi connectivity index (χ0v) is 15.4. The molecule has 1 N–H and O–H groups in total. The lowest BCUT2D eigenvalue weighted by molar-refractivity contribution is 0.0529. The molecule has 0 radical (unpaired) electrons. The Balaban J connectivity index is 1.92. The molecule has 136 valence electrons. The van der Waals surface area contributed by atoms with E-state index in [0.29, 0.717) is 21.9 Å². The molecule has 0 aromatic heterocycles. The predicted octanol–water partition coefficient (Wildman–Crippen LogP) is 4.42. The molecule has 7 heteroatoms. The number of esters is 1. The minimum atomic E-state index is -0.640. The van der Waals surface area contributed by atoms with Crippen LogP contribution in [-0.2, 0) is 4.74 Å². The fourth-order valence-electron chi connectivity index (χ4n) is 1.87. The van der Waals surface area contributed by atoms with Gasteiger partial charge in [0.25, 0.3) is 0 Å². The Bertz CT molecular complexity index is 811. The van der Waals surface area contributed by atoms with Crippen molar-refractivity contribution in [3.05, 3.63) is 64.7 Å². The van der Waals surface area contributed by atoms with Gasteiger partial charge in [-0.05, 0) is 62.7 Å². The van der Waals surface area contributed by atoms with Gasteiger partial charge in [-0.2, -0.15) is 5.10 Å². The van der Waals surface area contributed by atoms with Crippen LogP contribution in [-0.4, -0.2) is 23.9 Å².